The number of anilines is 1. The molecule has 0 saturated heterocycles. The van der Waals surface area contributed by atoms with E-state index in [1.807, 2.05) is 0 Å². The first-order chi connectivity index (χ1) is 8.17. The summed E-state index contributed by atoms with van der Waals surface area (Å²) in [6.45, 7) is 0.925. The molecule has 0 spiro atoms. The Hall–Kier alpha value is -1.63. The molecule has 6 nitrogen and oxygen atoms in total. The number of nitrogens with two attached hydrogens (primary N) is 1. The second-order valence-electron chi connectivity index (χ2n) is 3.53. The largest absolute Gasteiger partial charge is 0.491 e. The molecule has 0 aromatic heterocycles. The van der Waals surface area contributed by atoms with Gasteiger partial charge in [0, 0.05) is 0 Å². The van der Waals surface area contributed by atoms with E-state index in [2.05, 4.69) is 11.1 Å². The first kappa shape index (κ1) is 13.4. The van der Waals surface area contributed by atoms with Gasteiger partial charge in [-0.1, -0.05) is 6.07 Å². The highest BCUT2D eigenvalue weighted by atomic mass is 16.5. The zero-order chi connectivity index (χ0) is 12.7. The van der Waals surface area contributed by atoms with Crippen LogP contribution in [0.5, 0.6) is 5.75 Å². The van der Waals surface area contributed by atoms with Gasteiger partial charge in [0.05, 0.1) is 18.9 Å². The molecule has 0 unspecified atom stereocenters. The molecule has 6 heteroatoms. The number of benzene rings is 1. The fraction of sp³-hybridized carbons (Fsp3) is 0.364. The van der Waals surface area contributed by atoms with Crippen LogP contribution in [0.3, 0.4) is 0 Å². The summed E-state index contributed by atoms with van der Waals surface area (Å²) in [4.78, 5) is 10.9. The van der Waals surface area contributed by atoms with Crippen LogP contribution in [0.15, 0.2) is 18.2 Å². The summed E-state index contributed by atoms with van der Waals surface area (Å²) >= 11 is 0. The Labute approximate surface area is 99.6 Å². The molecule has 0 aliphatic heterocycles. The van der Waals surface area contributed by atoms with Crippen LogP contribution in [-0.2, 0) is 6.61 Å². The summed E-state index contributed by atoms with van der Waals surface area (Å²) in [5.41, 5.74) is 9.87. The van der Waals surface area contributed by atoms with Crippen LogP contribution in [0.2, 0.25) is 0 Å². The van der Waals surface area contributed by atoms with Gasteiger partial charge in [0.15, 0.2) is 0 Å². The van der Waals surface area contributed by atoms with Gasteiger partial charge in [-0.15, -0.1) is 0 Å². The van der Waals surface area contributed by atoms with Crippen molar-refractivity contribution in [2.75, 3.05) is 18.5 Å². The summed E-state index contributed by atoms with van der Waals surface area (Å²) < 4.78 is 5.49. The number of carbonyl (C=O) groups is 1. The Morgan fingerprint density at radius 1 is 1.53 bits per heavy atom. The molecular formula is C11H18N3O3+. The maximum Gasteiger partial charge on any atom is 0.416 e. The average Bonchev–Trinajstić information content (AvgIpc) is 2.30. The number of aliphatic hydroxyl groups excluding tert-OH is 1. The molecule has 0 atom stereocenters. The van der Waals surface area contributed by atoms with Crippen molar-refractivity contribution in [1.82, 2.24) is 0 Å². The van der Waals surface area contributed by atoms with E-state index in [-0.39, 0.29) is 6.61 Å². The van der Waals surface area contributed by atoms with Gasteiger partial charge >= 0.3 is 6.03 Å². The maximum atomic E-state index is 10.9. The molecule has 0 aliphatic carbocycles. The number of amides is 2. The number of rotatable bonds is 6. The van der Waals surface area contributed by atoms with Crippen LogP contribution in [-0.4, -0.2) is 24.3 Å². The lowest BCUT2D eigenvalue weighted by atomic mass is 10.2. The minimum atomic E-state index is -0.412. The van der Waals surface area contributed by atoms with Crippen molar-refractivity contribution < 1.29 is 20.4 Å². The number of hydrogen-bond acceptors (Lipinski definition) is 4. The number of aliphatic hydroxyl groups is 1. The second-order valence-corrected chi connectivity index (χ2v) is 3.53. The normalized spacial score (nSPS) is 10.1. The number of urea groups is 1. The third-order valence-corrected chi connectivity index (χ3v) is 2.11. The van der Waals surface area contributed by atoms with E-state index in [4.69, 9.17) is 15.6 Å². The highest BCUT2D eigenvalue weighted by molar-refractivity contribution is 5.83. The number of carbonyl (C=O) groups excluding carboxylic acids is 1. The summed E-state index contributed by atoms with van der Waals surface area (Å²) in [7, 11) is 0. The van der Waals surface area contributed by atoms with E-state index < -0.39 is 6.03 Å². The summed E-state index contributed by atoms with van der Waals surface area (Å²) in [6.07, 6.45) is 0.723. The lowest BCUT2D eigenvalue weighted by Crippen LogP contribution is -2.59. The predicted molar refractivity (Wildman–Crippen MR) is 63.4 cm³/mol. The SMILES string of the molecule is NCCCOc1cc(CO)ccc1NC([NH3+])=O. The van der Waals surface area contributed by atoms with Crippen molar-refractivity contribution in [3.63, 3.8) is 0 Å². The molecule has 1 aromatic carbocycles. The minimum Gasteiger partial charge on any atom is -0.491 e. The lowest BCUT2D eigenvalue weighted by Gasteiger charge is -2.11. The summed E-state index contributed by atoms with van der Waals surface area (Å²) in [5.74, 6) is 0.516. The Morgan fingerprint density at radius 2 is 2.29 bits per heavy atom. The standard InChI is InChI=1S/C11H17N3O3/c12-4-1-5-17-10-6-8(7-15)2-3-9(10)14-11(13)16/h2-3,6,15H,1,4-5,7,12H2,(H3,13,14,16)/p+1. The predicted octanol–water partition coefficient (Wildman–Crippen LogP) is -0.320. The van der Waals surface area contributed by atoms with Crippen molar-refractivity contribution in [3.8, 4) is 5.75 Å². The summed E-state index contributed by atoms with van der Waals surface area (Å²) in [6, 6.07) is 4.65. The van der Waals surface area contributed by atoms with E-state index in [0.717, 1.165) is 12.0 Å². The number of nitrogens with one attached hydrogen (secondary N) is 1. The first-order valence-electron chi connectivity index (χ1n) is 5.37. The monoisotopic (exact) mass is 240 g/mol. The van der Waals surface area contributed by atoms with Crippen molar-refractivity contribution in [3.05, 3.63) is 23.8 Å². The van der Waals surface area contributed by atoms with Gasteiger partial charge in [0.1, 0.15) is 5.75 Å². The van der Waals surface area contributed by atoms with Crippen molar-refractivity contribution in [1.29, 1.82) is 0 Å². The van der Waals surface area contributed by atoms with Gasteiger partial charge in [-0.25, -0.2) is 4.79 Å². The molecule has 7 N–H and O–H groups in total. The fourth-order valence-corrected chi connectivity index (χ4v) is 1.30. The van der Waals surface area contributed by atoms with Gasteiger partial charge in [-0.3, -0.25) is 11.1 Å². The molecule has 0 saturated carbocycles. The smallest absolute Gasteiger partial charge is 0.416 e. The zero-order valence-corrected chi connectivity index (χ0v) is 9.61. The molecule has 0 heterocycles. The van der Waals surface area contributed by atoms with Crippen LogP contribution in [0.1, 0.15) is 12.0 Å². The van der Waals surface area contributed by atoms with Gasteiger partial charge in [-0.2, -0.15) is 0 Å². The van der Waals surface area contributed by atoms with E-state index >= 15 is 0 Å². The molecule has 1 aromatic rings. The Balaban J connectivity index is 2.82. The van der Waals surface area contributed by atoms with Gasteiger partial charge < -0.3 is 15.6 Å². The van der Waals surface area contributed by atoms with Gasteiger partial charge in [0.25, 0.3) is 0 Å². The van der Waals surface area contributed by atoms with Crippen LogP contribution >= 0.6 is 0 Å². The van der Waals surface area contributed by atoms with Crippen LogP contribution in [0.4, 0.5) is 10.5 Å². The molecular weight excluding hydrogens is 222 g/mol. The maximum absolute atomic E-state index is 10.9. The van der Waals surface area contributed by atoms with E-state index in [0.29, 0.717) is 24.6 Å². The molecule has 0 aliphatic rings. The third-order valence-electron chi connectivity index (χ3n) is 2.11. The quantitative estimate of drug-likeness (QED) is 0.510. The Kier molecular flexibility index (Phi) is 5.41. The van der Waals surface area contributed by atoms with E-state index in [1.54, 1.807) is 18.2 Å². The number of ether oxygens (including phenoxy) is 1. The summed E-state index contributed by atoms with van der Waals surface area (Å²) in [5, 5.41) is 11.6. The van der Waals surface area contributed by atoms with Crippen LogP contribution < -0.4 is 21.5 Å². The Morgan fingerprint density at radius 3 is 2.88 bits per heavy atom. The Bertz CT molecular complexity index is 382. The average molecular weight is 240 g/mol. The topological polar surface area (TPSA) is 112 Å². The molecule has 2 amide bonds. The molecule has 94 valence electrons. The minimum absolute atomic E-state index is 0.0775. The fourth-order valence-electron chi connectivity index (χ4n) is 1.30. The molecule has 0 bridgehead atoms. The molecule has 1 rings (SSSR count). The lowest BCUT2D eigenvalue weighted by molar-refractivity contribution is -0.242. The highest BCUT2D eigenvalue weighted by Crippen LogP contribution is 2.25. The van der Waals surface area contributed by atoms with Gasteiger partial charge in [0.2, 0.25) is 0 Å². The molecule has 17 heavy (non-hydrogen) atoms. The molecule has 0 fully saturated rings. The highest BCUT2D eigenvalue weighted by Gasteiger charge is 2.08. The number of hydrogen-bond donors (Lipinski definition) is 4. The zero-order valence-electron chi connectivity index (χ0n) is 9.61. The van der Waals surface area contributed by atoms with Crippen molar-refractivity contribution in [2.24, 2.45) is 5.73 Å². The van der Waals surface area contributed by atoms with Crippen LogP contribution in [0.25, 0.3) is 0 Å². The van der Waals surface area contributed by atoms with Crippen LogP contribution in [0, 0.1) is 0 Å². The van der Waals surface area contributed by atoms with Gasteiger partial charge in [-0.05, 0) is 30.7 Å². The van der Waals surface area contributed by atoms with E-state index in [1.165, 1.54) is 0 Å². The second kappa shape index (κ2) is 6.85. The number of quaternary nitrogens is 1. The van der Waals surface area contributed by atoms with Crippen molar-refractivity contribution in [2.45, 2.75) is 13.0 Å². The molecule has 0 radical (unpaired) electrons. The first-order valence-corrected chi connectivity index (χ1v) is 5.37. The van der Waals surface area contributed by atoms with E-state index in [9.17, 15) is 4.79 Å². The van der Waals surface area contributed by atoms with Crippen molar-refractivity contribution >= 4 is 11.7 Å². The third kappa shape index (κ3) is 4.39.